The lowest BCUT2D eigenvalue weighted by atomic mass is 10.1. The Bertz CT molecular complexity index is 1050. The van der Waals surface area contributed by atoms with Gasteiger partial charge in [0.15, 0.2) is 5.43 Å². The van der Waals surface area contributed by atoms with Crippen LogP contribution in [-0.4, -0.2) is 0 Å². The van der Waals surface area contributed by atoms with E-state index < -0.39 is 0 Å². The molecule has 4 rings (SSSR count). The molecule has 0 bridgehead atoms. The Balaban J connectivity index is 2.08. The summed E-state index contributed by atoms with van der Waals surface area (Å²) >= 11 is 7.59. The van der Waals surface area contributed by atoms with Gasteiger partial charge in [0.2, 0.25) is 0 Å². The Hall–Kier alpha value is -2.16. The molecule has 0 aliphatic rings. The van der Waals surface area contributed by atoms with E-state index in [9.17, 15) is 4.79 Å². The van der Waals surface area contributed by atoms with Gasteiger partial charge in [-0.05, 0) is 34.5 Å². The molecule has 106 valence electrons. The van der Waals surface area contributed by atoms with E-state index in [1.165, 1.54) is 0 Å². The lowest BCUT2D eigenvalue weighted by Gasteiger charge is -2.06. The van der Waals surface area contributed by atoms with Gasteiger partial charge in [0.05, 0.1) is 0 Å². The van der Waals surface area contributed by atoms with E-state index in [1.807, 2.05) is 48.5 Å². The van der Waals surface area contributed by atoms with Crippen LogP contribution in [0.3, 0.4) is 0 Å². The summed E-state index contributed by atoms with van der Waals surface area (Å²) in [5.74, 6) is 0. The van der Waals surface area contributed by atoms with Gasteiger partial charge in [0.1, 0.15) is 0 Å². The van der Waals surface area contributed by atoms with Crippen LogP contribution in [0.4, 0.5) is 0 Å². The second-order valence-corrected chi connectivity index (χ2v) is 6.63. The van der Waals surface area contributed by atoms with E-state index in [1.54, 1.807) is 17.4 Å². The average Bonchev–Trinajstić information content (AvgIpc) is 2.55. The first-order valence-corrected chi connectivity index (χ1v) is 8.13. The third-order valence-electron chi connectivity index (χ3n) is 3.75. The quantitative estimate of drug-likeness (QED) is 0.409. The number of rotatable bonds is 1. The summed E-state index contributed by atoms with van der Waals surface area (Å²) in [6, 6.07) is 21.4. The van der Waals surface area contributed by atoms with Gasteiger partial charge in [0, 0.05) is 26.1 Å². The number of hydrogen-bond donors (Lipinski definition) is 0. The molecule has 0 aliphatic carbocycles. The molecule has 0 saturated heterocycles. The van der Waals surface area contributed by atoms with Gasteiger partial charge >= 0.3 is 0 Å². The zero-order valence-corrected chi connectivity index (χ0v) is 13.1. The molecule has 1 nitrogen and oxygen atoms in total. The van der Waals surface area contributed by atoms with Crippen molar-refractivity contribution in [1.29, 1.82) is 0 Å². The summed E-state index contributed by atoms with van der Waals surface area (Å²) in [7, 11) is 0. The van der Waals surface area contributed by atoms with Crippen LogP contribution in [0.5, 0.6) is 0 Å². The molecule has 0 atom stereocenters. The minimum Gasteiger partial charge on any atom is -0.289 e. The third kappa shape index (κ3) is 2.21. The molecule has 0 saturated carbocycles. The summed E-state index contributed by atoms with van der Waals surface area (Å²) in [4.78, 5) is 13.4. The summed E-state index contributed by atoms with van der Waals surface area (Å²) in [6.45, 7) is 0. The van der Waals surface area contributed by atoms with Crippen LogP contribution in [0.1, 0.15) is 0 Å². The molecule has 0 N–H and O–H groups in total. The van der Waals surface area contributed by atoms with E-state index in [0.29, 0.717) is 5.02 Å². The van der Waals surface area contributed by atoms with Gasteiger partial charge in [-0.25, -0.2) is 0 Å². The predicted octanol–water partition coefficient (Wildman–Crippen LogP) is 5.74. The molecule has 0 radical (unpaired) electrons. The van der Waals surface area contributed by atoms with Gasteiger partial charge in [0.25, 0.3) is 0 Å². The fourth-order valence-corrected chi connectivity index (χ4v) is 3.98. The lowest BCUT2D eigenvalue weighted by molar-refractivity contribution is 1.66. The van der Waals surface area contributed by atoms with Crippen molar-refractivity contribution < 1.29 is 0 Å². The lowest BCUT2D eigenvalue weighted by Crippen LogP contribution is -1.99. The highest BCUT2D eigenvalue weighted by atomic mass is 35.5. The second kappa shape index (κ2) is 5.24. The molecule has 0 fully saturated rings. The zero-order valence-electron chi connectivity index (χ0n) is 11.5. The number of halogens is 1. The Morgan fingerprint density at radius 3 is 2.41 bits per heavy atom. The first-order valence-electron chi connectivity index (χ1n) is 6.94. The van der Waals surface area contributed by atoms with Crippen LogP contribution in [0.2, 0.25) is 5.02 Å². The maximum Gasteiger partial charge on any atom is 0.188 e. The minimum atomic E-state index is 0.0597. The SMILES string of the molecule is O=c1cc(-c2ccc(Cl)cc2)sc2c1ccc1ccccc12. The smallest absolute Gasteiger partial charge is 0.188 e. The van der Waals surface area contributed by atoms with Crippen LogP contribution in [0, 0.1) is 0 Å². The molecule has 1 heterocycles. The van der Waals surface area contributed by atoms with Crippen LogP contribution < -0.4 is 5.43 Å². The topological polar surface area (TPSA) is 17.1 Å². The Morgan fingerprint density at radius 2 is 1.59 bits per heavy atom. The Labute approximate surface area is 136 Å². The molecule has 22 heavy (non-hydrogen) atoms. The van der Waals surface area contributed by atoms with Crippen molar-refractivity contribution in [3.05, 3.63) is 82.0 Å². The minimum absolute atomic E-state index is 0.0597. The molecule has 3 heteroatoms. The Kier molecular flexibility index (Phi) is 3.21. The summed E-state index contributed by atoms with van der Waals surface area (Å²) in [5.41, 5.74) is 1.07. The van der Waals surface area contributed by atoms with Crippen LogP contribution in [0.25, 0.3) is 31.3 Å². The maximum absolute atomic E-state index is 12.5. The number of hydrogen-bond acceptors (Lipinski definition) is 2. The van der Waals surface area contributed by atoms with E-state index >= 15 is 0 Å². The average molecular weight is 323 g/mol. The molecule has 0 amide bonds. The molecule has 4 aromatic rings. The van der Waals surface area contributed by atoms with Gasteiger partial charge in [-0.15, -0.1) is 11.3 Å². The van der Waals surface area contributed by atoms with E-state index in [4.69, 9.17) is 11.6 Å². The van der Waals surface area contributed by atoms with Crippen molar-refractivity contribution >= 4 is 43.8 Å². The standard InChI is InChI=1S/C19H11ClOS/c20-14-8-5-13(6-9-14)18-11-17(21)16-10-7-12-3-1-2-4-15(12)19(16)22-18/h1-11H. The molecule has 1 aromatic heterocycles. The van der Waals surface area contributed by atoms with Crippen molar-refractivity contribution in [3.8, 4) is 10.4 Å². The Morgan fingerprint density at radius 1 is 0.818 bits per heavy atom. The second-order valence-electron chi connectivity index (χ2n) is 5.15. The number of benzene rings is 3. The first-order chi connectivity index (χ1) is 10.7. The highest BCUT2D eigenvalue weighted by Gasteiger charge is 2.08. The normalized spacial score (nSPS) is 11.1. The van der Waals surface area contributed by atoms with E-state index in [-0.39, 0.29) is 5.43 Å². The predicted molar refractivity (Wildman–Crippen MR) is 96.0 cm³/mol. The fourth-order valence-electron chi connectivity index (χ4n) is 2.64. The third-order valence-corrected chi connectivity index (χ3v) is 5.22. The van der Waals surface area contributed by atoms with Crippen LogP contribution in [0.15, 0.2) is 71.5 Å². The van der Waals surface area contributed by atoms with Gasteiger partial charge in [-0.2, -0.15) is 0 Å². The van der Waals surface area contributed by atoms with Crippen LogP contribution >= 0.6 is 22.9 Å². The van der Waals surface area contributed by atoms with Gasteiger partial charge in [-0.1, -0.05) is 54.1 Å². The van der Waals surface area contributed by atoms with Crippen LogP contribution in [-0.2, 0) is 0 Å². The summed E-state index contributed by atoms with van der Waals surface area (Å²) in [5, 5.41) is 3.75. The fraction of sp³-hybridized carbons (Fsp3) is 0. The van der Waals surface area contributed by atoms with Crippen molar-refractivity contribution in [1.82, 2.24) is 0 Å². The van der Waals surface area contributed by atoms with Crippen molar-refractivity contribution in [3.63, 3.8) is 0 Å². The highest BCUT2D eigenvalue weighted by Crippen LogP contribution is 2.33. The van der Waals surface area contributed by atoms with Crippen molar-refractivity contribution in [2.75, 3.05) is 0 Å². The zero-order chi connectivity index (χ0) is 15.1. The van der Waals surface area contributed by atoms with Gasteiger partial charge in [-0.3, -0.25) is 4.79 Å². The monoisotopic (exact) mass is 322 g/mol. The molecular weight excluding hydrogens is 312 g/mol. The molecule has 0 aliphatic heterocycles. The van der Waals surface area contributed by atoms with Crippen molar-refractivity contribution in [2.45, 2.75) is 0 Å². The van der Waals surface area contributed by atoms with E-state index in [0.717, 1.165) is 31.3 Å². The summed E-state index contributed by atoms with van der Waals surface area (Å²) < 4.78 is 1.04. The summed E-state index contributed by atoms with van der Waals surface area (Å²) in [6.07, 6.45) is 0. The van der Waals surface area contributed by atoms with Gasteiger partial charge < -0.3 is 0 Å². The maximum atomic E-state index is 12.5. The molecule has 3 aromatic carbocycles. The highest BCUT2D eigenvalue weighted by molar-refractivity contribution is 7.22. The number of fused-ring (bicyclic) bond motifs is 3. The molecule has 0 unspecified atom stereocenters. The largest absolute Gasteiger partial charge is 0.289 e. The first kappa shape index (κ1) is 13.5. The van der Waals surface area contributed by atoms with Crippen molar-refractivity contribution in [2.24, 2.45) is 0 Å². The molecule has 0 spiro atoms. The molecular formula is C19H11ClOS. The van der Waals surface area contributed by atoms with E-state index in [2.05, 4.69) is 12.1 Å².